The van der Waals surface area contributed by atoms with Crippen molar-refractivity contribution in [3.8, 4) is 0 Å². The number of nitrogens with zero attached hydrogens (tertiary/aromatic N) is 4. The predicted molar refractivity (Wildman–Crippen MR) is 159 cm³/mol. The van der Waals surface area contributed by atoms with E-state index in [9.17, 15) is 24.3 Å². The molecule has 0 aliphatic carbocycles. The molecule has 2 atom stereocenters. The summed E-state index contributed by atoms with van der Waals surface area (Å²) in [7, 11) is 1.51. The maximum Gasteiger partial charge on any atom is 0.407 e. The number of fused-ring (bicyclic) bond motifs is 1. The molecule has 0 bridgehead atoms. The van der Waals surface area contributed by atoms with Gasteiger partial charge in [-0.1, -0.05) is 48.5 Å². The van der Waals surface area contributed by atoms with Crippen LogP contribution in [-0.4, -0.2) is 95.1 Å². The average molecular weight is 576 g/mol. The predicted octanol–water partition coefficient (Wildman–Crippen LogP) is 3.70. The Morgan fingerprint density at radius 2 is 1.62 bits per heavy atom. The van der Waals surface area contributed by atoms with E-state index in [1.54, 1.807) is 4.90 Å². The SMILES string of the molecule is CN(C(=O)O)C1CCN(C(=O)NC(CCc2ccccc2)C(=O)N2CCC(N3C(=O)C(C)(C)c4ccccc43)CC2)C1. The highest BCUT2D eigenvalue weighted by Gasteiger charge is 2.47. The lowest BCUT2D eigenvalue weighted by Gasteiger charge is -2.39. The highest BCUT2D eigenvalue weighted by Crippen LogP contribution is 2.43. The number of para-hydroxylation sites is 1. The first-order valence-electron chi connectivity index (χ1n) is 14.8. The summed E-state index contributed by atoms with van der Waals surface area (Å²) in [5, 5.41) is 12.3. The van der Waals surface area contributed by atoms with Crippen LogP contribution in [0.4, 0.5) is 15.3 Å². The smallest absolute Gasteiger partial charge is 0.407 e. The highest BCUT2D eigenvalue weighted by molar-refractivity contribution is 6.08. The summed E-state index contributed by atoms with van der Waals surface area (Å²) in [6, 6.07) is 16.5. The molecule has 3 heterocycles. The van der Waals surface area contributed by atoms with E-state index in [-0.39, 0.29) is 29.9 Å². The summed E-state index contributed by atoms with van der Waals surface area (Å²) in [5.74, 6) is -0.0245. The molecule has 3 aliphatic rings. The molecule has 2 saturated heterocycles. The first kappa shape index (κ1) is 29.4. The Hall–Kier alpha value is -4.08. The molecule has 0 radical (unpaired) electrons. The number of urea groups is 1. The van der Waals surface area contributed by atoms with Crippen LogP contribution in [0, 0.1) is 0 Å². The van der Waals surface area contributed by atoms with Gasteiger partial charge in [-0.15, -0.1) is 0 Å². The number of hydrogen-bond donors (Lipinski definition) is 2. The third-order valence-corrected chi connectivity index (χ3v) is 9.19. The molecule has 0 spiro atoms. The number of likely N-dealkylation sites (tertiary alicyclic amines) is 2. The molecular formula is C32H41N5O5. The highest BCUT2D eigenvalue weighted by atomic mass is 16.4. The summed E-state index contributed by atoms with van der Waals surface area (Å²) in [4.78, 5) is 58.5. The van der Waals surface area contributed by atoms with Gasteiger partial charge in [-0.2, -0.15) is 0 Å². The molecule has 42 heavy (non-hydrogen) atoms. The number of anilines is 1. The lowest BCUT2D eigenvalue weighted by molar-refractivity contribution is -0.134. The van der Waals surface area contributed by atoms with Crippen molar-refractivity contribution >= 4 is 29.6 Å². The molecule has 2 aromatic carbocycles. The largest absolute Gasteiger partial charge is 0.465 e. The van der Waals surface area contributed by atoms with E-state index in [0.717, 1.165) is 16.8 Å². The number of piperidine rings is 1. The van der Waals surface area contributed by atoms with Crippen molar-refractivity contribution in [2.75, 3.05) is 38.1 Å². The molecular weight excluding hydrogens is 534 g/mol. The number of carbonyl (C=O) groups is 4. The van der Waals surface area contributed by atoms with Gasteiger partial charge in [-0.25, -0.2) is 9.59 Å². The first-order chi connectivity index (χ1) is 20.1. The zero-order chi connectivity index (χ0) is 30.0. The lowest BCUT2D eigenvalue weighted by Crippen LogP contribution is -2.55. The van der Waals surface area contributed by atoms with Crippen LogP contribution in [0.5, 0.6) is 0 Å². The molecule has 10 nitrogen and oxygen atoms in total. The molecule has 5 amide bonds. The lowest BCUT2D eigenvalue weighted by atomic mass is 9.86. The van der Waals surface area contributed by atoms with Gasteiger partial charge in [0.05, 0.1) is 11.5 Å². The van der Waals surface area contributed by atoms with E-state index < -0.39 is 17.6 Å². The van der Waals surface area contributed by atoms with Crippen LogP contribution in [0.3, 0.4) is 0 Å². The zero-order valence-electron chi connectivity index (χ0n) is 24.7. The number of likely N-dealkylation sites (N-methyl/N-ethyl adjacent to an activating group) is 1. The van der Waals surface area contributed by atoms with E-state index >= 15 is 0 Å². The molecule has 2 fully saturated rings. The van der Waals surface area contributed by atoms with Crippen LogP contribution in [-0.2, 0) is 21.4 Å². The van der Waals surface area contributed by atoms with Crippen LogP contribution in [0.2, 0.25) is 0 Å². The zero-order valence-corrected chi connectivity index (χ0v) is 24.7. The van der Waals surface area contributed by atoms with E-state index in [2.05, 4.69) is 5.32 Å². The molecule has 3 aliphatic heterocycles. The van der Waals surface area contributed by atoms with Gasteiger partial charge in [-0.3, -0.25) is 9.59 Å². The summed E-state index contributed by atoms with van der Waals surface area (Å²) in [6.45, 7) is 5.66. The number of nitrogens with one attached hydrogen (secondary N) is 1. The summed E-state index contributed by atoms with van der Waals surface area (Å²) in [6.07, 6.45) is 1.94. The number of carboxylic acid groups (broad SMARTS) is 1. The van der Waals surface area contributed by atoms with Crippen molar-refractivity contribution < 1.29 is 24.3 Å². The molecule has 10 heteroatoms. The third kappa shape index (κ3) is 5.80. The summed E-state index contributed by atoms with van der Waals surface area (Å²) >= 11 is 0. The number of aryl methyl sites for hydroxylation is 1. The summed E-state index contributed by atoms with van der Waals surface area (Å²) in [5.41, 5.74) is 2.50. The molecule has 2 N–H and O–H groups in total. The maximum atomic E-state index is 13.9. The fraction of sp³-hybridized carbons (Fsp3) is 0.500. The molecule has 224 valence electrons. The van der Waals surface area contributed by atoms with Crippen LogP contribution in [0.25, 0.3) is 0 Å². The minimum atomic E-state index is -1.02. The number of benzene rings is 2. The Morgan fingerprint density at radius 1 is 0.976 bits per heavy atom. The maximum absolute atomic E-state index is 13.9. The van der Waals surface area contributed by atoms with Crippen LogP contribution >= 0.6 is 0 Å². The Labute approximate surface area is 247 Å². The Bertz CT molecular complexity index is 1320. The number of hydrogen-bond acceptors (Lipinski definition) is 4. The second kappa shape index (κ2) is 12.0. The van der Waals surface area contributed by atoms with Crippen molar-refractivity contribution in [2.24, 2.45) is 0 Å². The Balaban J connectivity index is 1.25. The topological polar surface area (TPSA) is 114 Å². The van der Waals surface area contributed by atoms with E-state index in [4.69, 9.17) is 0 Å². The fourth-order valence-electron chi connectivity index (χ4n) is 6.52. The van der Waals surface area contributed by atoms with Gasteiger partial charge in [0.2, 0.25) is 11.8 Å². The first-order valence-corrected chi connectivity index (χ1v) is 14.8. The third-order valence-electron chi connectivity index (χ3n) is 9.19. The van der Waals surface area contributed by atoms with Crippen molar-refractivity contribution in [3.05, 3.63) is 65.7 Å². The molecule has 2 unspecified atom stereocenters. The monoisotopic (exact) mass is 575 g/mol. The summed E-state index contributed by atoms with van der Waals surface area (Å²) < 4.78 is 0. The van der Waals surface area contributed by atoms with E-state index in [0.29, 0.717) is 58.3 Å². The quantitative estimate of drug-likeness (QED) is 0.523. The molecule has 0 aromatic heterocycles. The van der Waals surface area contributed by atoms with Crippen molar-refractivity contribution in [3.63, 3.8) is 0 Å². The van der Waals surface area contributed by atoms with E-state index in [1.807, 2.05) is 78.2 Å². The van der Waals surface area contributed by atoms with Crippen LogP contribution < -0.4 is 10.2 Å². The normalized spacial score (nSPS) is 20.8. The van der Waals surface area contributed by atoms with Gasteiger partial charge in [-0.05, 0) is 63.1 Å². The molecule has 5 rings (SSSR count). The Morgan fingerprint density at radius 3 is 2.31 bits per heavy atom. The number of rotatable bonds is 7. The second-order valence-electron chi connectivity index (χ2n) is 12.2. The number of amides is 5. The minimum absolute atomic E-state index is 0.00888. The minimum Gasteiger partial charge on any atom is -0.465 e. The van der Waals surface area contributed by atoms with Crippen molar-refractivity contribution in [1.82, 2.24) is 20.0 Å². The van der Waals surface area contributed by atoms with Crippen molar-refractivity contribution in [1.29, 1.82) is 0 Å². The Kier molecular flexibility index (Phi) is 8.43. The van der Waals surface area contributed by atoms with Gasteiger partial charge >= 0.3 is 12.1 Å². The van der Waals surface area contributed by atoms with Crippen molar-refractivity contribution in [2.45, 2.75) is 69.5 Å². The molecule has 0 saturated carbocycles. The molecule has 2 aromatic rings. The van der Waals surface area contributed by atoms with Gasteiger partial charge in [0.25, 0.3) is 0 Å². The van der Waals surface area contributed by atoms with Gasteiger partial charge in [0.1, 0.15) is 6.04 Å². The number of carbonyl (C=O) groups excluding carboxylic acids is 3. The van der Waals surface area contributed by atoms with Gasteiger partial charge < -0.3 is 30.0 Å². The van der Waals surface area contributed by atoms with Gasteiger partial charge in [0, 0.05) is 45.0 Å². The van der Waals surface area contributed by atoms with E-state index in [1.165, 1.54) is 11.9 Å². The standard InChI is InChI=1S/C32H41N5O5/c1-32(2)25-11-7-8-12-27(25)37(29(32)39)23-15-18-35(19-16-23)28(38)26(14-13-22-9-5-4-6-10-22)33-30(40)36-20-17-24(21-36)34(3)31(41)42/h4-12,23-24,26H,13-21H2,1-3H3,(H,33,40)(H,41,42). The van der Waals surface area contributed by atoms with Crippen LogP contribution in [0.1, 0.15) is 50.7 Å². The second-order valence-corrected chi connectivity index (χ2v) is 12.2. The van der Waals surface area contributed by atoms with Gasteiger partial charge in [0.15, 0.2) is 0 Å². The average Bonchev–Trinajstić information content (AvgIpc) is 3.57. The fourth-order valence-corrected chi connectivity index (χ4v) is 6.52. The van der Waals surface area contributed by atoms with Crippen LogP contribution in [0.15, 0.2) is 54.6 Å².